The highest BCUT2D eigenvalue weighted by molar-refractivity contribution is 9.10. The molecule has 1 rings (SSSR count). The zero-order valence-corrected chi connectivity index (χ0v) is 14.3. The Hall–Kier alpha value is -1.08. The van der Waals surface area contributed by atoms with E-state index in [0.29, 0.717) is 15.8 Å². The minimum Gasteiger partial charge on any atom is -0.478 e. The summed E-state index contributed by atoms with van der Waals surface area (Å²) in [5.74, 6) is -2.54. The number of rotatable bonds is 6. The van der Waals surface area contributed by atoms with Crippen molar-refractivity contribution < 1.29 is 23.8 Å². The summed E-state index contributed by atoms with van der Waals surface area (Å²) in [5.41, 5.74) is -0.423. The smallest absolute Gasteiger partial charge is 0.338 e. The van der Waals surface area contributed by atoms with Crippen LogP contribution in [0.5, 0.6) is 0 Å². The van der Waals surface area contributed by atoms with Crippen LogP contribution in [0.1, 0.15) is 37.6 Å². The van der Waals surface area contributed by atoms with Gasteiger partial charge in [0.05, 0.1) is 11.7 Å². The number of halogens is 2. The van der Waals surface area contributed by atoms with Crippen molar-refractivity contribution in [2.45, 2.75) is 43.4 Å². The lowest BCUT2D eigenvalue weighted by Gasteiger charge is -2.17. The van der Waals surface area contributed by atoms with Gasteiger partial charge >= 0.3 is 11.9 Å². The molecular formula is C14H16BrFO4S. The Bertz CT molecular complexity index is 548. The van der Waals surface area contributed by atoms with E-state index < -0.39 is 22.6 Å². The molecule has 4 nitrogen and oxygen atoms in total. The number of ether oxygens (including phenoxy) is 1. The van der Waals surface area contributed by atoms with Crippen LogP contribution in [0, 0.1) is 5.82 Å². The van der Waals surface area contributed by atoms with Crippen LogP contribution in [0.2, 0.25) is 0 Å². The minimum atomic E-state index is -1.35. The van der Waals surface area contributed by atoms with E-state index in [0.717, 1.165) is 17.8 Å². The molecule has 116 valence electrons. The van der Waals surface area contributed by atoms with E-state index in [1.807, 2.05) is 6.92 Å². The first-order chi connectivity index (χ1) is 9.76. The van der Waals surface area contributed by atoms with Crippen LogP contribution in [0.3, 0.4) is 0 Å². The Morgan fingerprint density at radius 1 is 1.43 bits per heavy atom. The molecule has 1 N–H and O–H groups in total. The molecule has 21 heavy (non-hydrogen) atoms. The third-order valence-corrected chi connectivity index (χ3v) is 4.83. The normalized spacial score (nSPS) is 12.3. The molecule has 0 amide bonds. The molecule has 1 aromatic carbocycles. The highest BCUT2D eigenvalue weighted by atomic mass is 79.9. The molecule has 0 aliphatic heterocycles. The van der Waals surface area contributed by atoms with E-state index >= 15 is 0 Å². The van der Waals surface area contributed by atoms with E-state index in [-0.39, 0.29) is 12.1 Å². The molecule has 1 atom stereocenters. The monoisotopic (exact) mass is 378 g/mol. The van der Waals surface area contributed by atoms with Gasteiger partial charge in [-0.1, -0.05) is 6.92 Å². The van der Waals surface area contributed by atoms with Gasteiger partial charge in [0.2, 0.25) is 0 Å². The number of carbonyl (C=O) groups excluding carboxylic acids is 1. The maximum absolute atomic E-state index is 13.5. The summed E-state index contributed by atoms with van der Waals surface area (Å²) in [6, 6.07) is 2.31. The second-order valence-corrected chi connectivity index (χ2v) is 6.67. The fraction of sp³-hybridized carbons (Fsp3) is 0.429. The maximum atomic E-state index is 13.5. The number of esters is 1. The van der Waals surface area contributed by atoms with Gasteiger partial charge in [-0.25, -0.2) is 9.18 Å². The molecule has 1 aromatic rings. The zero-order chi connectivity index (χ0) is 16.2. The molecular weight excluding hydrogens is 363 g/mol. The quantitative estimate of drug-likeness (QED) is 0.595. The Morgan fingerprint density at radius 2 is 2.05 bits per heavy atom. The predicted octanol–water partition coefficient (Wildman–Crippen LogP) is 4.11. The fourth-order valence-electron chi connectivity index (χ4n) is 1.54. The highest BCUT2D eigenvalue weighted by Crippen LogP contribution is 2.34. The number of carboxylic acids is 1. The molecule has 0 aromatic heterocycles. The number of hydrogen-bond acceptors (Lipinski definition) is 4. The van der Waals surface area contributed by atoms with Gasteiger partial charge in [0.1, 0.15) is 11.1 Å². The standard InChI is InChI=1S/C14H16BrFO4S/c1-4-11(14(19)20-7(2)3)21-12-5-8(13(17)18)10(16)6-9(12)15/h5-7,11H,4H2,1-3H3,(H,17,18). The van der Waals surface area contributed by atoms with Crippen LogP contribution in [-0.2, 0) is 9.53 Å². The minimum absolute atomic E-state index is 0.224. The van der Waals surface area contributed by atoms with Crippen molar-refractivity contribution in [3.05, 3.63) is 28.0 Å². The molecule has 0 fully saturated rings. The van der Waals surface area contributed by atoms with Crippen LogP contribution >= 0.6 is 27.7 Å². The van der Waals surface area contributed by atoms with Gasteiger partial charge in [-0.15, -0.1) is 11.8 Å². The number of hydrogen-bond donors (Lipinski definition) is 1. The molecule has 0 spiro atoms. The number of aromatic carboxylic acids is 1. The molecule has 7 heteroatoms. The third kappa shape index (κ3) is 5.00. The summed E-state index contributed by atoms with van der Waals surface area (Å²) in [4.78, 5) is 23.4. The maximum Gasteiger partial charge on any atom is 0.338 e. The number of carbonyl (C=O) groups is 2. The Labute approximate surface area is 135 Å². The second kappa shape index (κ2) is 7.79. The van der Waals surface area contributed by atoms with E-state index in [9.17, 15) is 14.0 Å². The van der Waals surface area contributed by atoms with Gasteiger partial charge in [0, 0.05) is 9.37 Å². The first kappa shape index (κ1) is 18.0. The first-order valence-corrected chi connectivity index (χ1v) is 8.03. The molecule has 0 heterocycles. The fourth-order valence-corrected chi connectivity index (χ4v) is 3.12. The Kier molecular flexibility index (Phi) is 6.67. The van der Waals surface area contributed by atoms with Crippen molar-refractivity contribution in [1.82, 2.24) is 0 Å². The van der Waals surface area contributed by atoms with Crippen LogP contribution < -0.4 is 0 Å². The van der Waals surface area contributed by atoms with Crippen molar-refractivity contribution in [3.8, 4) is 0 Å². The average Bonchev–Trinajstić information content (AvgIpc) is 2.36. The molecule has 0 bridgehead atoms. The molecule has 0 radical (unpaired) electrons. The van der Waals surface area contributed by atoms with E-state index in [1.54, 1.807) is 13.8 Å². The molecule has 0 saturated heterocycles. The SMILES string of the molecule is CCC(Sc1cc(C(=O)O)c(F)cc1Br)C(=O)OC(C)C. The summed E-state index contributed by atoms with van der Waals surface area (Å²) in [7, 11) is 0. The number of benzene rings is 1. The van der Waals surface area contributed by atoms with Crippen molar-refractivity contribution in [2.75, 3.05) is 0 Å². The summed E-state index contributed by atoms with van der Waals surface area (Å²) in [5, 5.41) is 8.47. The average molecular weight is 379 g/mol. The Balaban J connectivity index is 3.02. The van der Waals surface area contributed by atoms with Crippen LogP contribution in [-0.4, -0.2) is 28.4 Å². The number of carboxylic acid groups (broad SMARTS) is 1. The molecule has 0 aliphatic rings. The van der Waals surface area contributed by atoms with Gasteiger partial charge in [-0.3, -0.25) is 4.79 Å². The van der Waals surface area contributed by atoms with Gasteiger partial charge in [-0.2, -0.15) is 0 Å². The predicted molar refractivity (Wildman–Crippen MR) is 82.2 cm³/mol. The van der Waals surface area contributed by atoms with Gasteiger partial charge in [0.25, 0.3) is 0 Å². The van der Waals surface area contributed by atoms with Crippen molar-refractivity contribution in [1.29, 1.82) is 0 Å². The van der Waals surface area contributed by atoms with E-state index in [2.05, 4.69) is 15.9 Å². The summed E-state index contributed by atoms with van der Waals surface area (Å²) in [6.45, 7) is 5.34. The van der Waals surface area contributed by atoms with Gasteiger partial charge in [-0.05, 0) is 48.3 Å². The lowest BCUT2D eigenvalue weighted by Crippen LogP contribution is -2.22. The molecule has 0 aliphatic carbocycles. The van der Waals surface area contributed by atoms with Crippen LogP contribution in [0.4, 0.5) is 4.39 Å². The topological polar surface area (TPSA) is 63.6 Å². The van der Waals surface area contributed by atoms with Gasteiger partial charge < -0.3 is 9.84 Å². The van der Waals surface area contributed by atoms with E-state index in [4.69, 9.17) is 9.84 Å². The summed E-state index contributed by atoms with van der Waals surface area (Å²) < 4.78 is 19.1. The third-order valence-electron chi connectivity index (χ3n) is 2.51. The van der Waals surface area contributed by atoms with Crippen molar-refractivity contribution in [3.63, 3.8) is 0 Å². The summed E-state index contributed by atoms with van der Waals surface area (Å²) in [6.07, 6.45) is 0.293. The number of thioether (sulfide) groups is 1. The van der Waals surface area contributed by atoms with Gasteiger partial charge in [0.15, 0.2) is 0 Å². The van der Waals surface area contributed by atoms with Crippen LogP contribution in [0.15, 0.2) is 21.5 Å². The van der Waals surface area contributed by atoms with Crippen molar-refractivity contribution >= 4 is 39.6 Å². The molecule has 1 unspecified atom stereocenters. The largest absolute Gasteiger partial charge is 0.478 e. The lowest BCUT2D eigenvalue weighted by molar-refractivity contribution is -0.146. The summed E-state index contributed by atoms with van der Waals surface area (Å²) >= 11 is 4.34. The lowest BCUT2D eigenvalue weighted by atomic mass is 10.2. The Morgan fingerprint density at radius 3 is 2.52 bits per heavy atom. The zero-order valence-electron chi connectivity index (χ0n) is 11.9. The molecule has 0 saturated carbocycles. The van der Waals surface area contributed by atoms with E-state index in [1.165, 1.54) is 6.07 Å². The highest BCUT2D eigenvalue weighted by Gasteiger charge is 2.23. The van der Waals surface area contributed by atoms with Crippen molar-refractivity contribution in [2.24, 2.45) is 0 Å². The first-order valence-electron chi connectivity index (χ1n) is 6.35. The van der Waals surface area contributed by atoms with Crippen LogP contribution in [0.25, 0.3) is 0 Å². The second-order valence-electron chi connectivity index (χ2n) is 4.57.